The van der Waals surface area contributed by atoms with E-state index in [-0.39, 0.29) is 17.3 Å². The molecular weight excluding hydrogens is 280 g/mol. The Morgan fingerprint density at radius 3 is 2.71 bits per heavy atom. The molecule has 0 radical (unpaired) electrons. The molecule has 0 heterocycles. The molecule has 1 saturated carbocycles. The van der Waals surface area contributed by atoms with Gasteiger partial charge in [-0.3, -0.25) is 4.79 Å². The third-order valence-corrected chi connectivity index (χ3v) is 4.07. The molecule has 0 N–H and O–H groups in total. The number of methoxy groups -OCH3 is 1. The summed E-state index contributed by atoms with van der Waals surface area (Å²) in [5.41, 5.74) is 1.44. The molecule has 0 aliphatic heterocycles. The van der Waals surface area contributed by atoms with Crippen LogP contribution in [0.4, 0.5) is 0 Å². The summed E-state index contributed by atoms with van der Waals surface area (Å²) in [7, 11) is 1.46. The van der Waals surface area contributed by atoms with Crippen molar-refractivity contribution in [1.29, 1.82) is 0 Å². The van der Waals surface area contributed by atoms with Crippen LogP contribution in [0.5, 0.6) is 0 Å². The molecule has 3 heteroatoms. The largest absolute Gasteiger partial charge is 0.469 e. The van der Waals surface area contributed by atoms with Gasteiger partial charge >= 0.3 is 5.97 Å². The quantitative estimate of drug-likeness (QED) is 0.714. The van der Waals surface area contributed by atoms with Crippen LogP contribution in [-0.2, 0) is 9.53 Å². The molecule has 0 aromatic rings. The summed E-state index contributed by atoms with van der Waals surface area (Å²) in [6.45, 7) is 6.16. The summed E-state index contributed by atoms with van der Waals surface area (Å²) in [5.74, 6) is 0.0104. The number of hydrogen-bond acceptors (Lipinski definition) is 2. The van der Waals surface area contributed by atoms with Gasteiger partial charge in [0.1, 0.15) is 0 Å². The molecule has 96 valence electrons. The van der Waals surface area contributed by atoms with Crippen molar-refractivity contribution < 1.29 is 9.53 Å². The summed E-state index contributed by atoms with van der Waals surface area (Å²) in [6, 6.07) is 0. The number of esters is 1. The van der Waals surface area contributed by atoms with Crippen molar-refractivity contribution >= 4 is 21.9 Å². The normalized spacial score (nSPS) is 30.5. The van der Waals surface area contributed by atoms with Gasteiger partial charge in [0.2, 0.25) is 0 Å². The lowest BCUT2D eigenvalue weighted by atomic mass is 9.89. The first-order valence-corrected chi connectivity index (χ1v) is 7.02. The zero-order chi connectivity index (χ0) is 13.1. The van der Waals surface area contributed by atoms with E-state index in [2.05, 4.69) is 35.0 Å². The lowest BCUT2D eigenvalue weighted by molar-refractivity contribution is -0.142. The van der Waals surface area contributed by atoms with Gasteiger partial charge in [0, 0.05) is 9.90 Å². The molecule has 2 rings (SSSR count). The molecule has 2 aliphatic carbocycles. The summed E-state index contributed by atoms with van der Waals surface area (Å²) in [6.07, 6.45) is 7.40. The van der Waals surface area contributed by atoms with Gasteiger partial charge in [-0.2, -0.15) is 0 Å². The van der Waals surface area contributed by atoms with Crippen molar-refractivity contribution in [3.63, 3.8) is 0 Å². The average Bonchev–Trinajstić information content (AvgIpc) is 3.05. The molecule has 0 amide bonds. The molecule has 2 unspecified atom stereocenters. The fourth-order valence-electron chi connectivity index (χ4n) is 2.32. The van der Waals surface area contributed by atoms with Crippen LogP contribution in [0, 0.1) is 11.3 Å². The maximum Gasteiger partial charge on any atom is 0.309 e. The van der Waals surface area contributed by atoms with Crippen molar-refractivity contribution in [3.8, 4) is 0 Å². The Bertz CT molecular complexity index is 357. The minimum atomic E-state index is -0.0657. The monoisotopic (exact) mass is 300 g/mol. The Labute approximate surface area is 112 Å². The van der Waals surface area contributed by atoms with Gasteiger partial charge in [0.15, 0.2) is 0 Å². The highest BCUT2D eigenvalue weighted by Gasteiger charge is 2.57. The predicted octanol–water partition coefficient (Wildman–Crippen LogP) is 4.21. The van der Waals surface area contributed by atoms with Gasteiger partial charge in [-0.15, -0.1) is 0 Å². The van der Waals surface area contributed by atoms with E-state index < -0.39 is 0 Å². The molecule has 2 aliphatic rings. The highest BCUT2D eigenvalue weighted by Crippen LogP contribution is 2.59. The maximum atomic E-state index is 11.4. The molecular formula is C14H21BrO2. The van der Waals surface area contributed by atoms with Crippen LogP contribution in [0.3, 0.4) is 0 Å². The lowest BCUT2D eigenvalue weighted by Gasteiger charge is -2.18. The van der Waals surface area contributed by atoms with Gasteiger partial charge in [-0.05, 0) is 25.3 Å². The van der Waals surface area contributed by atoms with Gasteiger partial charge < -0.3 is 4.74 Å². The molecule has 0 saturated heterocycles. The van der Waals surface area contributed by atoms with Gasteiger partial charge in [-0.25, -0.2) is 0 Å². The van der Waals surface area contributed by atoms with Crippen molar-refractivity contribution in [1.82, 2.24) is 0 Å². The standard InChI is InChI=1S/C12H15BrO2.C2H6/c1-12(7-10(12)11(14)15-2)8-4-3-5-9(13)6-8;1-2/h5-6,10H,3-4,7H2,1-2H3;1-2H3. The van der Waals surface area contributed by atoms with E-state index in [9.17, 15) is 4.79 Å². The Hall–Kier alpha value is -0.570. The Morgan fingerprint density at radius 2 is 2.18 bits per heavy atom. The second-order valence-electron chi connectivity index (χ2n) is 4.49. The van der Waals surface area contributed by atoms with Crippen LogP contribution in [0.1, 0.15) is 40.0 Å². The molecule has 0 aromatic heterocycles. The van der Waals surface area contributed by atoms with E-state index in [1.54, 1.807) is 0 Å². The SMILES string of the molecule is CC.COC(=O)C1CC1(C)C1=CC(Br)=CCC1. The first-order chi connectivity index (χ1) is 8.08. The highest BCUT2D eigenvalue weighted by atomic mass is 79.9. The van der Waals surface area contributed by atoms with Crippen LogP contribution < -0.4 is 0 Å². The summed E-state index contributed by atoms with van der Waals surface area (Å²) in [5, 5.41) is 0. The van der Waals surface area contributed by atoms with Crippen LogP contribution in [0.2, 0.25) is 0 Å². The topological polar surface area (TPSA) is 26.3 Å². The molecule has 0 spiro atoms. The second kappa shape index (κ2) is 5.85. The minimum Gasteiger partial charge on any atom is -0.469 e. The molecule has 2 nitrogen and oxygen atoms in total. The first-order valence-electron chi connectivity index (χ1n) is 6.22. The summed E-state index contributed by atoms with van der Waals surface area (Å²) < 4.78 is 5.93. The number of allylic oxidation sites excluding steroid dienone is 4. The predicted molar refractivity (Wildman–Crippen MR) is 73.9 cm³/mol. The molecule has 0 aromatic carbocycles. The fraction of sp³-hybridized carbons (Fsp3) is 0.643. The van der Waals surface area contributed by atoms with Crippen molar-refractivity contribution in [3.05, 3.63) is 22.2 Å². The average molecular weight is 301 g/mol. The third kappa shape index (κ3) is 3.01. The number of hydrogen-bond donors (Lipinski definition) is 0. The number of carbonyl (C=O) groups excluding carboxylic acids is 1. The Kier molecular flexibility index (Phi) is 4.99. The summed E-state index contributed by atoms with van der Waals surface area (Å²) in [4.78, 5) is 11.4. The van der Waals surface area contributed by atoms with Gasteiger partial charge in [-0.1, -0.05) is 48.4 Å². The second-order valence-corrected chi connectivity index (χ2v) is 5.41. The van der Waals surface area contributed by atoms with Gasteiger partial charge in [0.05, 0.1) is 13.0 Å². The third-order valence-electron chi connectivity index (χ3n) is 3.52. The van der Waals surface area contributed by atoms with E-state index in [1.807, 2.05) is 13.8 Å². The Morgan fingerprint density at radius 1 is 1.53 bits per heavy atom. The van der Waals surface area contributed by atoms with Crippen LogP contribution in [-0.4, -0.2) is 13.1 Å². The zero-order valence-electron chi connectivity index (χ0n) is 11.0. The first kappa shape index (κ1) is 14.5. The van der Waals surface area contributed by atoms with E-state index in [0.717, 1.165) is 23.7 Å². The van der Waals surface area contributed by atoms with E-state index in [1.165, 1.54) is 12.7 Å². The molecule has 1 fully saturated rings. The zero-order valence-corrected chi connectivity index (χ0v) is 12.6. The Balaban J connectivity index is 0.000000686. The van der Waals surface area contributed by atoms with Crippen molar-refractivity contribution in [2.45, 2.75) is 40.0 Å². The van der Waals surface area contributed by atoms with E-state index in [4.69, 9.17) is 4.74 Å². The number of ether oxygens (including phenoxy) is 1. The number of halogens is 1. The fourth-order valence-corrected chi connectivity index (χ4v) is 2.82. The van der Waals surface area contributed by atoms with Crippen LogP contribution in [0.25, 0.3) is 0 Å². The van der Waals surface area contributed by atoms with Crippen molar-refractivity contribution in [2.24, 2.45) is 11.3 Å². The number of rotatable bonds is 2. The van der Waals surface area contributed by atoms with Crippen molar-refractivity contribution in [2.75, 3.05) is 7.11 Å². The van der Waals surface area contributed by atoms with Crippen LogP contribution >= 0.6 is 15.9 Å². The lowest BCUT2D eigenvalue weighted by Crippen LogP contribution is -2.12. The van der Waals surface area contributed by atoms with E-state index in [0.29, 0.717) is 0 Å². The number of carbonyl (C=O) groups is 1. The molecule has 0 bridgehead atoms. The minimum absolute atomic E-state index is 0.0559. The van der Waals surface area contributed by atoms with Gasteiger partial charge in [0.25, 0.3) is 0 Å². The van der Waals surface area contributed by atoms with Crippen LogP contribution in [0.15, 0.2) is 22.2 Å². The molecule has 2 atom stereocenters. The van der Waals surface area contributed by atoms with E-state index >= 15 is 0 Å². The maximum absolute atomic E-state index is 11.4. The summed E-state index contributed by atoms with van der Waals surface area (Å²) >= 11 is 3.49. The smallest absolute Gasteiger partial charge is 0.309 e. The highest BCUT2D eigenvalue weighted by molar-refractivity contribution is 9.11. The molecule has 17 heavy (non-hydrogen) atoms.